The van der Waals surface area contributed by atoms with Gasteiger partial charge in [-0.2, -0.15) is 15.0 Å². The summed E-state index contributed by atoms with van der Waals surface area (Å²) in [6.07, 6.45) is 8.69. The molecule has 0 aromatic carbocycles. The Kier molecular flexibility index (Phi) is 3.49. The van der Waals surface area contributed by atoms with Gasteiger partial charge in [0.15, 0.2) is 0 Å². The predicted molar refractivity (Wildman–Crippen MR) is 77.2 cm³/mol. The lowest BCUT2D eigenvalue weighted by Crippen LogP contribution is -2.24. The van der Waals surface area contributed by atoms with Crippen molar-refractivity contribution >= 4 is 11.9 Å². The third-order valence-corrected chi connectivity index (χ3v) is 3.29. The molecule has 7 nitrogen and oxygen atoms in total. The van der Waals surface area contributed by atoms with Crippen LogP contribution in [0, 0.1) is 0 Å². The lowest BCUT2D eigenvalue weighted by Gasteiger charge is -2.17. The number of nitrogens with one attached hydrogen (secondary N) is 1. The minimum absolute atomic E-state index is 0.562. The molecule has 0 spiro atoms. The molecule has 1 saturated carbocycles. The number of nitrogens with zero attached hydrogens (tertiary/aromatic N) is 6. The van der Waals surface area contributed by atoms with E-state index in [1.165, 1.54) is 12.8 Å². The molecule has 1 fully saturated rings. The van der Waals surface area contributed by atoms with E-state index in [0.29, 0.717) is 23.9 Å². The summed E-state index contributed by atoms with van der Waals surface area (Å²) in [5, 5.41) is 3.23. The molecule has 2 heterocycles. The summed E-state index contributed by atoms with van der Waals surface area (Å²) in [4.78, 5) is 19.6. The highest BCUT2D eigenvalue weighted by molar-refractivity contribution is 5.41. The molecule has 0 saturated heterocycles. The number of hydrogen-bond donors (Lipinski definition) is 1. The van der Waals surface area contributed by atoms with E-state index in [-0.39, 0.29) is 0 Å². The largest absolute Gasteiger partial charge is 0.354 e. The van der Waals surface area contributed by atoms with Crippen LogP contribution in [0.25, 0.3) is 5.95 Å². The van der Waals surface area contributed by atoms with E-state index in [2.05, 4.69) is 37.1 Å². The zero-order chi connectivity index (χ0) is 13.9. The number of rotatable bonds is 6. The molecule has 1 aliphatic rings. The average Bonchev–Trinajstić information content (AvgIpc) is 3.18. The molecule has 1 aliphatic carbocycles. The Morgan fingerprint density at radius 1 is 1.35 bits per heavy atom. The van der Waals surface area contributed by atoms with Crippen LogP contribution in [0.15, 0.2) is 18.7 Å². The van der Waals surface area contributed by atoms with Crippen molar-refractivity contribution in [2.45, 2.75) is 32.2 Å². The molecule has 0 atom stereocenters. The Bertz CT molecular complexity index is 562. The van der Waals surface area contributed by atoms with E-state index in [0.717, 1.165) is 13.0 Å². The van der Waals surface area contributed by atoms with Gasteiger partial charge in [0.1, 0.15) is 6.33 Å². The van der Waals surface area contributed by atoms with E-state index >= 15 is 0 Å². The van der Waals surface area contributed by atoms with Crippen molar-refractivity contribution in [3.05, 3.63) is 18.7 Å². The van der Waals surface area contributed by atoms with Crippen molar-refractivity contribution in [2.24, 2.45) is 0 Å². The van der Waals surface area contributed by atoms with E-state index in [1.807, 2.05) is 13.2 Å². The van der Waals surface area contributed by atoms with Gasteiger partial charge in [-0.3, -0.25) is 4.57 Å². The van der Waals surface area contributed by atoms with Gasteiger partial charge in [-0.05, 0) is 19.3 Å². The van der Waals surface area contributed by atoms with E-state index in [1.54, 1.807) is 17.1 Å². The molecule has 0 unspecified atom stereocenters. The van der Waals surface area contributed by atoms with Crippen LogP contribution < -0.4 is 10.2 Å². The van der Waals surface area contributed by atoms with Crippen LogP contribution in [0.1, 0.15) is 26.2 Å². The van der Waals surface area contributed by atoms with Crippen molar-refractivity contribution < 1.29 is 0 Å². The molecule has 0 amide bonds. The fourth-order valence-corrected chi connectivity index (χ4v) is 1.95. The molecule has 0 aliphatic heterocycles. The minimum atomic E-state index is 0.562. The standard InChI is InChI=1S/C13H19N7/c1-3-6-15-11-16-12(19(2)10-4-5-10)18-13(17-11)20-8-7-14-9-20/h7-10H,3-6H2,1-2H3,(H,15,16,17,18). The number of hydrogen-bond acceptors (Lipinski definition) is 6. The van der Waals surface area contributed by atoms with Crippen molar-refractivity contribution in [1.82, 2.24) is 24.5 Å². The van der Waals surface area contributed by atoms with Crippen LogP contribution in [0.2, 0.25) is 0 Å². The van der Waals surface area contributed by atoms with Crippen molar-refractivity contribution in [2.75, 3.05) is 23.8 Å². The predicted octanol–water partition coefficient (Wildman–Crippen LogP) is 1.48. The van der Waals surface area contributed by atoms with Gasteiger partial charge in [0.25, 0.3) is 0 Å². The maximum atomic E-state index is 4.53. The summed E-state index contributed by atoms with van der Waals surface area (Å²) in [6, 6.07) is 0.562. The molecule has 1 N–H and O–H groups in total. The van der Waals surface area contributed by atoms with Crippen LogP contribution in [-0.2, 0) is 0 Å². The first kappa shape index (κ1) is 12.8. The third-order valence-electron chi connectivity index (χ3n) is 3.29. The highest BCUT2D eigenvalue weighted by Gasteiger charge is 2.28. The Morgan fingerprint density at radius 3 is 2.85 bits per heavy atom. The van der Waals surface area contributed by atoms with Gasteiger partial charge in [-0.15, -0.1) is 0 Å². The summed E-state index contributed by atoms with van der Waals surface area (Å²) in [7, 11) is 2.04. The van der Waals surface area contributed by atoms with Crippen LogP contribution in [0.5, 0.6) is 0 Å². The van der Waals surface area contributed by atoms with Crippen LogP contribution >= 0.6 is 0 Å². The molecule has 3 rings (SSSR count). The average molecular weight is 273 g/mol. The number of aromatic nitrogens is 5. The summed E-state index contributed by atoms with van der Waals surface area (Å²) in [5.74, 6) is 1.93. The molecule has 20 heavy (non-hydrogen) atoms. The van der Waals surface area contributed by atoms with Crippen LogP contribution in [0.3, 0.4) is 0 Å². The normalized spacial score (nSPS) is 14.3. The third kappa shape index (κ3) is 2.71. The summed E-state index contributed by atoms with van der Waals surface area (Å²) in [5.41, 5.74) is 0. The highest BCUT2D eigenvalue weighted by Crippen LogP contribution is 2.28. The quantitative estimate of drug-likeness (QED) is 0.859. The lowest BCUT2D eigenvalue weighted by atomic mass is 10.5. The van der Waals surface area contributed by atoms with Gasteiger partial charge in [0, 0.05) is 32.0 Å². The minimum Gasteiger partial charge on any atom is -0.354 e. The molecule has 0 bridgehead atoms. The van der Waals surface area contributed by atoms with Gasteiger partial charge >= 0.3 is 0 Å². The first-order chi connectivity index (χ1) is 9.78. The van der Waals surface area contributed by atoms with Gasteiger partial charge in [0.2, 0.25) is 17.8 Å². The van der Waals surface area contributed by atoms with Crippen molar-refractivity contribution in [3.63, 3.8) is 0 Å². The second-order valence-electron chi connectivity index (χ2n) is 5.00. The molecule has 7 heteroatoms. The molecule has 0 radical (unpaired) electrons. The van der Waals surface area contributed by atoms with E-state index in [4.69, 9.17) is 0 Å². The topological polar surface area (TPSA) is 71.8 Å². The lowest BCUT2D eigenvalue weighted by molar-refractivity contribution is 0.815. The molecular weight excluding hydrogens is 254 g/mol. The molecule has 2 aromatic heterocycles. The fourth-order valence-electron chi connectivity index (χ4n) is 1.95. The molecular formula is C13H19N7. The number of anilines is 2. The second kappa shape index (κ2) is 5.44. The Morgan fingerprint density at radius 2 is 2.20 bits per heavy atom. The van der Waals surface area contributed by atoms with Gasteiger partial charge in [-0.1, -0.05) is 6.92 Å². The Labute approximate surface area is 118 Å². The summed E-state index contributed by atoms with van der Waals surface area (Å²) >= 11 is 0. The summed E-state index contributed by atoms with van der Waals surface area (Å²) in [6.45, 7) is 2.96. The molecule has 106 valence electrons. The van der Waals surface area contributed by atoms with Crippen molar-refractivity contribution in [3.8, 4) is 5.95 Å². The first-order valence-corrected chi connectivity index (χ1v) is 6.99. The number of imidazole rings is 1. The van der Waals surface area contributed by atoms with Crippen LogP contribution in [0.4, 0.5) is 11.9 Å². The van der Waals surface area contributed by atoms with E-state index in [9.17, 15) is 0 Å². The van der Waals surface area contributed by atoms with Crippen molar-refractivity contribution in [1.29, 1.82) is 0 Å². The smallest absolute Gasteiger partial charge is 0.241 e. The Hall–Kier alpha value is -2.18. The fraction of sp³-hybridized carbons (Fsp3) is 0.538. The maximum absolute atomic E-state index is 4.53. The highest BCUT2D eigenvalue weighted by atomic mass is 15.3. The Balaban J connectivity index is 1.94. The summed E-state index contributed by atoms with van der Waals surface area (Å²) < 4.78 is 1.79. The van der Waals surface area contributed by atoms with E-state index < -0.39 is 0 Å². The van der Waals surface area contributed by atoms with Gasteiger partial charge in [-0.25, -0.2) is 4.98 Å². The zero-order valence-corrected chi connectivity index (χ0v) is 11.8. The monoisotopic (exact) mass is 273 g/mol. The first-order valence-electron chi connectivity index (χ1n) is 6.99. The zero-order valence-electron chi connectivity index (χ0n) is 11.8. The SMILES string of the molecule is CCCNc1nc(N(C)C2CC2)nc(-n2ccnc2)n1. The van der Waals surface area contributed by atoms with Gasteiger partial charge < -0.3 is 10.2 Å². The molecule has 2 aromatic rings. The van der Waals surface area contributed by atoms with Crippen LogP contribution in [-0.4, -0.2) is 44.1 Å². The maximum Gasteiger partial charge on any atom is 0.241 e. The second-order valence-corrected chi connectivity index (χ2v) is 5.00. The van der Waals surface area contributed by atoms with Gasteiger partial charge in [0.05, 0.1) is 0 Å².